The molecular formula is C16H25N3O3S. The van der Waals surface area contributed by atoms with Crippen LogP contribution in [0.4, 0.5) is 0 Å². The van der Waals surface area contributed by atoms with Gasteiger partial charge in [0.05, 0.1) is 4.90 Å². The van der Waals surface area contributed by atoms with E-state index in [2.05, 4.69) is 15.4 Å². The van der Waals surface area contributed by atoms with Gasteiger partial charge in [0.25, 0.3) is 0 Å². The maximum atomic E-state index is 12.3. The van der Waals surface area contributed by atoms with Crippen molar-refractivity contribution in [1.29, 1.82) is 0 Å². The highest BCUT2D eigenvalue weighted by molar-refractivity contribution is 7.89. The summed E-state index contributed by atoms with van der Waals surface area (Å²) in [5, 5.41) is 6.16. The molecule has 1 saturated heterocycles. The molecule has 1 heterocycles. The van der Waals surface area contributed by atoms with E-state index in [0.29, 0.717) is 5.56 Å². The van der Waals surface area contributed by atoms with E-state index in [9.17, 15) is 13.2 Å². The largest absolute Gasteiger partial charge is 0.352 e. The first-order valence-corrected chi connectivity index (χ1v) is 9.44. The van der Waals surface area contributed by atoms with Crippen molar-refractivity contribution in [2.24, 2.45) is 0 Å². The molecule has 1 aliphatic rings. The number of piperidine rings is 1. The van der Waals surface area contributed by atoms with E-state index in [1.54, 1.807) is 19.1 Å². The monoisotopic (exact) mass is 339 g/mol. The molecule has 0 aliphatic carbocycles. The summed E-state index contributed by atoms with van der Waals surface area (Å²) >= 11 is 0. The molecule has 0 radical (unpaired) electrons. The zero-order valence-electron chi connectivity index (χ0n) is 13.7. The third kappa shape index (κ3) is 5.30. The van der Waals surface area contributed by atoms with Gasteiger partial charge in [0.2, 0.25) is 15.9 Å². The quantitative estimate of drug-likeness (QED) is 0.717. The van der Waals surface area contributed by atoms with Gasteiger partial charge in [-0.05, 0) is 50.4 Å². The molecule has 0 saturated carbocycles. The molecule has 1 aromatic carbocycles. The topological polar surface area (TPSA) is 87.3 Å². The molecule has 0 bridgehead atoms. The van der Waals surface area contributed by atoms with Crippen LogP contribution in [0.1, 0.15) is 30.4 Å². The number of aryl methyl sites for hydroxylation is 2. The molecule has 2 rings (SSSR count). The van der Waals surface area contributed by atoms with E-state index in [-0.39, 0.29) is 29.8 Å². The molecule has 0 spiro atoms. The predicted molar refractivity (Wildman–Crippen MR) is 89.8 cm³/mol. The molecule has 0 unspecified atom stereocenters. The first-order chi connectivity index (χ1) is 10.9. The van der Waals surface area contributed by atoms with Crippen molar-refractivity contribution in [3.63, 3.8) is 0 Å². The normalized spacial score (nSPS) is 18.6. The Balaban J connectivity index is 1.84. The van der Waals surface area contributed by atoms with Gasteiger partial charge in [-0.15, -0.1) is 0 Å². The van der Waals surface area contributed by atoms with Crippen LogP contribution in [0.5, 0.6) is 0 Å². The molecule has 6 nitrogen and oxygen atoms in total. The second-order valence-electron chi connectivity index (χ2n) is 6.03. The first-order valence-electron chi connectivity index (χ1n) is 7.95. The van der Waals surface area contributed by atoms with Crippen molar-refractivity contribution in [3.05, 3.63) is 29.3 Å². The van der Waals surface area contributed by atoms with Crippen LogP contribution in [0.15, 0.2) is 23.1 Å². The van der Waals surface area contributed by atoms with Crippen LogP contribution in [0, 0.1) is 13.8 Å². The third-order valence-electron chi connectivity index (χ3n) is 3.94. The standard InChI is InChI=1S/C16H25N3O3S/c1-12-5-6-13(2)15(10-12)23(21,22)18-9-7-16(20)19-14-4-3-8-17-11-14/h5-6,10,14,17-18H,3-4,7-9,11H2,1-2H3,(H,19,20)/t14-/m0/s1. The second-order valence-corrected chi connectivity index (χ2v) is 7.76. The third-order valence-corrected chi connectivity index (χ3v) is 5.54. The van der Waals surface area contributed by atoms with Crippen molar-refractivity contribution in [2.45, 2.75) is 44.0 Å². The fourth-order valence-electron chi connectivity index (χ4n) is 2.65. The minimum Gasteiger partial charge on any atom is -0.352 e. The fourth-order valence-corrected chi connectivity index (χ4v) is 4.01. The van der Waals surface area contributed by atoms with Crippen LogP contribution < -0.4 is 15.4 Å². The number of rotatable bonds is 6. The molecule has 0 aromatic heterocycles. The summed E-state index contributed by atoms with van der Waals surface area (Å²) in [7, 11) is -3.58. The Labute approximate surface area is 138 Å². The van der Waals surface area contributed by atoms with Crippen molar-refractivity contribution in [1.82, 2.24) is 15.4 Å². The smallest absolute Gasteiger partial charge is 0.240 e. The lowest BCUT2D eigenvalue weighted by Gasteiger charge is -2.23. The van der Waals surface area contributed by atoms with Crippen molar-refractivity contribution in [2.75, 3.05) is 19.6 Å². The molecule has 1 atom stereocenters. The van der Waals surface area contributed by atoms with Gasteiger partial charge in [0.15, 0.2) is 0 Å². The Bertz CT molecular complexity index is 653. The number of benzene rings is 1. The SMILES string of the molecule is Cc1ccc(C)c(S(=O)(=O)NCCC(=O)N[C@H]2CCCNC2)c1. The number of nitrogens with one attached hydrogen (secondary N) is 3. The molecule has 7 heteroatoms. The Morgan fingerprint density at radius 2 is 2.13 bits per heavy atom. The van der Waals surface area contributed by atoms with Crippen LogP contribution in [0.25, 0.3) is 0 Å². The van der Waals surface area contributed by atoms with Crippen molar-refractivity contribution >= 4 is 15.9 Å². The van der Waals surface area contributed by atoms with Gasteiger partial charge >= 0.3 is 0 Å². The highest BCUT2D eigenvalue weighted by Crippen LogP contribution is 2.16. The van der Waals surface area contributed by atoms with Crippen LogP contribution in [0.3, 0.4) is 0 Å². The van der Waals surface area contributed by atoms with Gasteiger partial charge in [-0.2, -0.15) is 0 Å². The maximum absolute atomic E-state index is 12.3. The van der Waals surface area contributed by atoms with E-state index < -0.39 is 10.0 Å². The average molecular weight is 339 g/mol. The van der Waals surface area contributed by atoms with Crippen LogP contribution in [-0.4, -0.2) is 40.0 Å². The highest BCUT2D eigenvalue weighted by Gasteiger charge is 2.18. The molecule has 1 aromatic rings. The molecule has 1 fully saturated rings. The average Bonchev–Trinajstić information content (AvgIpc) is 2.50. The van der Waals surface area contributed by atoms with Crippen LogP contribution >= 0.6 is 0 Å². The highest BCUT2D eigenvalue weighted by atomic mass is 32.2. The lowest BCUT2D eigenvalue weighted by Crippen LogP contribution is -2.46. The van der Waals surface area contributed by atoms with Gasteiger partial charge in [-0.1, -0.05) is 12.1 Å². The van der Waals surface area contributed by atoms with E-state index in [1.165, 1.54) is 0 Å². The molecule has 23 heavy (non-hydrogen) atoms. The number of hydrogen-bond donors (Lipinski definition) is 3. The zero-order valence-corrected chi connectivity index (χ0v) is 14.5. The fraction of sp³-hybridized carbons (Fsp3) is 0.562. The summed E-state index contributed by atoms with van der Waals surface area (Å²) in [5.74, 6) is -0.123. The Kier molecular flexibility index (Phi) is 6.15. The minimum absolute atomic E-state index is 0.0989. The molecule has 128 valence electrons. The Morgan fingerprint density at radius 1 is 1.35 bits per heavy atom. The first kappa shape index (κ1) is 17.9. The maximum Gasteiger partial charge on any atom is 0.240 e. The predicted octanol–water partition coefficient (Wildman–Crippen LogP) is 0.840. The summed E-state index contributed by atoms with van der Waals surface area (Å²) in [6.07, 6.45) is 2.15. The lowest BCUT2D eigenvalue weighted by molar-refractivity contribution is -0.121. The van der Waals surface area contributed by atoms with Crippen LogP contribution in [0.2, 0.25) is 0 Å². The van der Waals surface area contributed by atoms with E-state index in [0.717, 1.165) is 31.5 Å². The summed E-state index contributed by atoms with van der Waals surface area (Å²) in [5.41, 5.74) is 1.58. The summed E-state index contributed by atoms with van der Waals surface area (Å²) in [4.78, 5) is 12.2. The zero-order chi connectivity index (χ0) is 16.9. The summed E-state index contributed by atoms with van der Waals surface area (Å²) in [6, 6.07) is 5.45. The minimum atomic E-state index is -3.58. The number of hydrogen-bond acceptors (Lipinski definition) is 4. The van der Waals surface area contributed by atoms with Gasteiger partial charge < -0.3 is 10.6 Å². The summed E-state index contributed by atoms with van der Waals surface area (Å²) < 4.78 is 27.2. The van der Waals surface area contributed by atoms with Gasteiger partial charge in [-0.3, -0.25) is 4.79 Å². The Hall–Kier alpha value is -1.44. The van der Waals surface area contributed by atoms with Crippen molar-refractivity contribution in [3.8, 4) is 0 Å². The number of carbonyl (C=O) groups excluding carboxylic acids is 1. The molecule has 3 N–H and O–H groups in total. The van der Waals surface area contributed by atoms with Gasteiger partial charge in [-0.25, -0.2) is 13.1 Å². The summed E-state index contributed by atoms with van der Waals surface area (Å²) in [6.45, 7) is 5.48. The van der Waals surface area contributed by atoms with E-state index in [1.807, 2.05) is 13.0 Å². The van der Waals surface area contributed by atoms with E-state index >= 15 is 0 Å². The number of sulfonamides is 1. The lowest BCUT2D eigenvalue weighted by atomic mass is 10.1. The second kappa shape index (κ2) is 7.90. The molecular weight excluding hydrogens is 314 g/mol. The van der Waals surface area contributed by atoms with Crippen LogP contribution in [-0.2, 0) is 14.8 Å². The number of carbonyl (C=O) groups is 1. The molecule has 1 amide bonds. The molecule has 1 aliphatic heterocycles. The van der Waals surface area contributed by atoms with E-state index in [4.69, 9.17) is 0 Å². The van der Waals surface area contributed by atoms with Crippen molar-refractivity contribution < 1.29 is 13.2 Å². The Morgan fingerprint density at radius 3 is 2.83 bits per heavy atom. The number of amides is 1. The van der Waals surface area contributed by atoms with Gasteiger partial charge in [0, 0.05) is 25.6 Å². The van der Waals surface area contributed by atoms with Gasteiger partial charge in [0.1, 0.15) is 0 Å².